The van der Waals surface area contributed by atoms with Crippen LogP contribution in [0.4, 0.5) is 5.69 Å². The Bertz CT molecular complexity index is 647. The fourth-order valence-electron chi connectivity index (χ4n) is 2.07. The quantitative estimate of drug-likeness (QED) is 0.668. The molecular weight excluding hydrogens is 328 g/mol. The molecule has 0 spiro atoms. The highest BCUT2D eigenvalue weighted by Gasteiger charge is 2.09. The number of anilines is 1. The zero-order valence-corrected chi connectivity index (χ0v) is 14.4. The van der Waals surface area contributed by atoms with Crippen LogP contribution in [0.2, 0.25) is 0 Å². The molecule has 0 saturated carbocycles. The van der Waals surface area contributed by atoms with Crippen LogP contribution < -0.4 is 15.8 Å². The number of ether oxygens (including phenoxy) is 1. The molecule has 2 aromatic rings. The minimum absolute atomic E-state index is 0. The number of rotatable bonds is 7. The van der Waals surface area contributed by atoms with Crippen LogP contribution in [0, 0.1) is 6.92 Å². The second-order valence-corrected chi connectivity index (χ2v) is 5.50. The Morgan fingerprint density at radius 1 is 1.25 bits per heavy atom. The standard InChI is InChI=1S/C18H22N2O3.ClH/c1-13-3-2-4-17(9-13)23-12-16(21)11-20-18(22)10-14-5-7-15(19)8-6-14;/h2-9,16,21H,10-12,19H2,1H3,(H,20,22);1H. The molecule has 24 heavy (non-hydrogen) atoms. The van der Waals surface area contributed by atoms with Gasteiger partial charge in [0.2, 0.25) is 5.91 Å². The van der Waals surface area contributed by atoms with Crippen molar-refractivity contribution in [1.29, 1.82) is 0 Å². The van der Waals surface area contributed by atoms with Gasteiger partial charge < -0.3 is 20.9 Å². The second kappa shape index (κ2) is 9.80. The molecule has 0 aliphatic heterocycles. The molecule has 5 nitrogen and oxygen atoms in total. The molecule has 0 aliphatic carbocycles. The average molecular weight is 351 g/mol. The Hall–Kier alpha value is -2.24. The van der Waals surface area contributed by atoms with E-state index in [-0.39, 0.29) is 37.9 Å². The van der Waals surface area contributed by atoms with Crippen LogP contribution in [-0.2, 0) is 11.2 Å². The van der Waals surface area contributed by atoms with Gasteiger partial charge in [-0.05, 0) is 42.3 Å². The van der Waals surface area contributed by atoms with Crippen molar-refractivity contribution in [2.75, 3.05) is 18.9 Å². The summed E-state index contributed by atoms with van der Waals surface area (Å²) >= 11 is 0. The molecule has 2 rings (SSSR count). The molecule has 1 amide bonds. The highest BCUT2D eigenvalue weighted by molar-refractivity contribution is 5.85. The van der Waals surface area contributed by atoms with Crippen LogP contribution in [0.15, 0.2) is 48.5 Å². The summed E-state index contributed by atoms with van der Waals surface area (Å²) in [6.07, 6.45) is -0.503. The van der Waals surface area contributed by atoms with E-state index >= 15 is 0 Å². The van der Waals surface area contributed by atoms with Gasteiger partial charge in [-0.3, -0.25) is 4.79 Å². The molecular formula is C18H23ClN2O3. The average Bonchev–Trinajstić information content (AvgIpc) is 2.53. The van der Waals surface area contributed by atoms with Crippen LogP contribution in [0.3, 0.4) is 0 Å². The van der Waals surface area contributed by atoms with Gasteiger partial charge in [-0.15, -0.1) is 12.4 Å². The van der Waals surface area contributed by atoms with E-state index in [9.17, 15) is 9.90 Å². The Labute approximate surface area is 148 Å². The molecule has 0 radical (unpaired) electrons. The molecule has 6 heteroatoms. The van der Waals surface area contributed by atoms with E-state index in [1.54, 1.807) is 12.1 Å². The maximum atomic E-state index is 11.8. The number of aliphatic hydroxyl groups excluding tert-OH is 1. The van der Waals surface area contributed by atoms with Gasteiger partial charge >= 0.3 is 0 Å². The number of hydrogen-bond acceptors (Lipinski definition) is 4. The third kappa shape index (κ3) is 6.89. The number of carbonyl (C=O) groups is 1. The molecule has 1 atom stereocenters. The van der Waals surface area contributed by atoms with Crippen molar-refractivity contribution in [1.82, 2.24) is 5.32 Å². The molecule has 0 heterocycles. The number of aliphatic hydroxyl groups is 1. The normalized spacial score (nSPS) is 11.2. The Morgan fingerprint density at radius 3 is 2.62 bits per heavy atom. The molecule has 0 bridgehead atoms. The summed E-state index contributed by atoms with van der Waals surface area (Å²) in [5.41, 5.74) is 8.23. The zero-order chi connectivity index (χ0) is 16.7. The molecule has 0 aromatic heterocycles. The first kappa shape index (κ1) is 19.8. The highest BCUT2D eigenvalue weighted by atomic mass is 35.5. The minimum Gasteiger partial charge on any atom is -0.491 e. The second-order valence-electron chi connectivity index (χ2n) is 5.50. The number of hydrogen-bond donors (Lipinski definition) is 3. The summed E-state index contributed by atoms with van der Waals surface area (Å²) in [4.78, 5) is 11.8. The lowest BCUT2D eigenvalue weighted by molar-refractivity contribution is -0.121. The maximum Gasteiger partial charge on any atom is 0.224 e. The Balaban J connectivity index is 0.00000288. The van der Waals surface area contributed by atoms with E-state index in [0.717, 1.165) is 11.1 Å². The number of nitrogen functional groups attached to an aromatic ring is 1. The first-order chi connectivity index (χ1) is 11.0. The van der Waals surface area contributed by atoms with Gasteiger partial charge in [-0.2, -0.15) is 0 Å². The SMILES string of the molecule is Cc1cccc(OCC(O)CNC(=O)Cc2ccc(N)cc2)c1.Cl. The van der Waals surface area contributed by atoms with E-state index in [1.807, 2.05) is 43.3 Å². The summed E-state index contributed by atoms with van der Waals surface area (Å²) in [5, 5.41) is 12.6. The molecule has 0 saturated heterocycles. The molecule has 0 fully saturated rings. The monoisotopic (exact) mass is 350 g/mol. The van der Waals surface area contributed by atoms with Crippen molar-refractivity contribution < 1.29 is 14.6 Å². The van der Waals surface area contributed by atoms with Crippen LogP contribution in [0.1, 0.15) is 11.1 Å². The van der Waals surface area contributed by atoms with E-state index in [0.29, 0.717) is 11.4 Å². The number of amides is 1. The topological polar surface area (TPSA) is 84.6 Å². The van der Waals surface area contributed by atoms with Crippen molar-refractivity contribution >= 4 is 24.0 Å². The predicted octanol–water partition coefficient (Wildman–Crippen LogP) is 2.10. The Morgan fingerprint density at radius 2 is 1.96 bits per heavy atom. The summed E-state index contributed by atoms with van der Waals surface area (Å²) in [6.45, 7) is 2.26. The van der Waals surface area contributed by atoms with Crippen molar-refractivity contribution in [3.05, 3.63) is 59.7 Å². The van der Waals surface area contributed by atoms with Crippen LogP contribution in [-0.4, -0.2) is 30.3 Å². The number of nitrogens with one attached hydrogen (secondary N) is 1. The number of halogens is 1. The molecule has 4 N–H and O–H groups in total. The summed E-state index contributed by atoms with van der Waals surface area (Å²) in [7, 11) is 0. The van der Waals surface area contributed by atoms with E-state index in [4.69, 9.17) is 10.5 Å². The Kier molecular flexibility index (Phi) is 8.09. The highest BCUT2D eigenvalue weighted by Crippen LogP contribution is 2.12. The smallest absolute Gasteiger partial charge is 0.224 e. The van der Waals surface area contributed by atoms with Crippen molar-refractivity contribution in [2.45, 2.75) is 19.4 Å². The molecule has 0 aliphatic rings. The van der Waals surface area contributed by atoms with Gasteiger partial charge in [0, 0.05) is 12.2 Å². The van der Waals surface area contributed by atoms with Gasteiger partial charge in [0.1, 0.15) is 18.5 Å². The summed E-state index contributed by atoms with van der Waals surface area (Å²) < 4.78 is 5.50. The molecule has 130 valence electrons. The van der Waals surface area contributed by atoms with Crippen LogP contribution >= 0.6 is 12.4 Å². The number of benzene rings is 2. The van der Waals surface area contributed by atoms with E-state index in [2.05, 4.69) is 5.32 Å². The minimum atomic E-state index is -0.758. The van der Waals surface area contributed by atoms with Gasteiger partial charge in [0.05, 0.1) is 6.42 Å². The largest absolute Gasteiger partial charge is 0.491 e. The van der Waals surface area contributed by atoms with Gasteiger partial charge in [-0.25, -0.2) is 0 Å². The van der Waals surface area contributed by atoms with Gasteiger partial charge in [-0.1, -0.05) is 24.3 Å². The third-order valence-corrected chi connectivity index (χ3v) is 3.31. The predicted molar refractivity (Wildman–Crippen MR) is 97.5 cm³/mol. The number of nitrogens with two attached hydrogens (primary N) is 1. The first-order valence-corrected chi connectivity index (χ1v) is 7.51. The lowest BCUT2D eigenvalue weighted by atomic mass is 10.1. The van der Waals surface area contributed by atoms with E-state index < -0.39 is 6.10 Å². The van der Waals surface area contributed by atoms with E-state index in [1.165, 1.54) is 0 Å². The fraction of sp³-hybridized carbons (Fsp3) is 0.278. The lowest BCUT2D eigenvalue weighted by Crippen LogP contribution is -2.36. The van der Waals surface area contributed by atoms with Crippen molar-refractivity contribution in [3.8, 4) is 5.75 Å². The van der Waals surface area contributed by atoms with Crippen molar-refractivity contribution in [2.24, 2.45) is 0 Å². The number of carbonyl (C=O) groups excluding carboxylic acids is 1. The van der Waals surface area contributed by atoms with Crippen LogP contribution in [0.5, 0.6) is 5.75 Å². The third-order valence-electron chi connectivity index (χ3n) is 3.31. The van der Waals surface area contributed by atoms with Gasteiger partial charge in [0.25, 0.3) is 0 Å². The number of aryl methyl sites for hydroxylation is 1. The van der Waals surface area contributed by atoms with Gasteiger partial charge in [0.15, 0.2) is 0 Å². The fourth-order valence-corrected chi connectivity index (χ4v) is 2.07. The maximum absolute atomic E-state index is 11.8. The lowest BCUT2D eigenvalue weighted by Gasteiger charge is -2.13. The van der Waals surface area contributed by atoms with Crippen molar-refractivity contribution in [3.63, 3.8) is 0 Å². The first-order valence-electron chi connectivity index (χ1n) is 7.51. The summed E-state index contributed by atoms with van der Waals surface area (Å²) in [6, 6.07) is 14.7. The summed E-state index contributed by atoms with van der Waals surface area (Å²) in [5.74, 6) is 0.557. The molecule has 1 unspecified atom stereocenters. The zero-order valence-electron chi connectivity index (χ0n) is 13.6. The van der Waals surface area contributed by atoms with Crippen LogP contribution in [0.25, 0.3) is 0 Å². The molecule has 2 aromatic carbocycles.